The summed E-state index contributed by atoms with van der Waals surface area (Å²) in [4.78, 5) is 7.15. The molecule has 1 aliphatic heterocycles. The van der Waals surface area contributed by atoms with E-state index in [1.54, 1.807) is 6.26 Å². The first kappa shape index (κ1) is 20.0. The third-order valence-corrected chi connectivity index (χ3v) is 3.79. The number of likely N-dealkylation sites (tertiary alicyclic amines) is 1. The third kappa shape index (κ3) is 8.41. The lowest BCUT2D eigenvalue weighted by Gasteiger charge is -2.25. The van der Waals surface area contributed by atoms with E-state index in [2.05, 4.69) is 27.1 Å². The number of aliphatic imine (C=N–C) groups is 1. The van der Waals surface area contributed by atoms with Crippen LogP contribution in [-0.2, 0) is 6.42 Å². The van der Waals surface area contributed by atoms with Gasteiger partial charge in [-0.1, -0.05) is 12.5 Å². The normalized spacial score (nSPS) is 15.7. The van der Waals surface area contributed by atoms with Crippen molar-refractivity contribution in [3.05, 3.63) is 36.8 Å². The van der Waals surface area contributed by atoms with E-state index in [9.17, 15) is 0 Å². The van der Waals surface area contributed by atoms with Gasteiger partial charge in [-0.3, -0.25) is 4.99 Å². The number of nitrogens with zero attached hydrogens (tertiary/aromatic N) is 2. The molecule has 0 aliphatic carbocycles. The van der Waals surface area contributed by atoms with Crippen LogP contribution in [0, 0.1) is 0 Å². The smallest absolute Gasteiger partial charge is 0.191 e. The van der Waals surface area contributed by atoms with E-state index in [1.807, 2.05) is 18.2 Å². The standard InChI is InChI=1S/C17H28N4O.HI/c1-2-9-18-17(19-10-8-16-7-6-15-22-16)20-11-14-21-12-4-3-5-13-21;/h2,6-7,15H,1,3-5,8-14H2,(H2,18,19,20);1H. The van der Waals surface area contributed by atoms with Gasteiger partial charge in [0.05, 0.1) is 12.8 Å². The van der Waals surface area contributed by atoms with Gasteiger partial charge in [0.15, 0.2) is 5.96 Å². The number of halogens is 1. The van der Waals surface area contributed by atoms with E-state index in [-0.39, 0.29) is 24.0 Å². The van der Waals surface area contributed by atoms with Gasteiger partial charge in [0.2, 0.25) is 0 Å². The zero-order valence-corrected chi connectivity index (χ0v) is 16.1. The topological polar surface area (TPSA) is 52.8 Å². The lowest BCUT2D eigenvalue weighted by Crippen LogP contribution is -2.39. The molecule has 2 rings (SSSR count). The minimum Gasteiger partial charge on any atom is -0.469 e. The highest BCUT2D eigenvalue weighted by Crippen LogP contribution is 2.07. The molecule has 23 heavy (non-hydrogen) atoms. The highest BCUT2D eigenvalue weighted by Gasteiger charge is 2.08. The second-order valence-corrected chi connectivity index (χ2v) is 5.56. The van der Waals surface area contributed by atoms with E-state index >= 15 is 0 Å². The van der Waals surface area contributed by atoms with Gasteiger partial charge in [-0.25, -0.2) is 0 Å². The zero-order chi connectivity index (χ0) is 15.5. The van der Waals surface area contributed by atoms with Gasteiger partial charge in [-0.05, 0) is 38.1 Å². The molecular formula is C17H29IN4O. The summed E-state index contributed by atoms with van der Waals surface area (Å²) in [6.45, 7) is 9.57. The summed E-state index contributed by atoms with van der Waals surface area (Å²) in [5, 5.41) is 6.60. The number of furan rings is 1. The molecule has 0 atom stereocenters. The Balaban J connectivity index is 0.00000264. The van der Waals surface area contributed by atoms with Crippen molar-refractivity contribution in [3.63, 3.8) is 0 Å². The van der Waals surface area contributed by atoms with Gasteiger partial charge in [-0.2, -0.15) is 0 Å². The van der Waals surface area contributed by atoms with Crippen LogP contribution in [0.15, 0.2) is 40.5 Å². The molecule has 130 valence electrons. The summed E-state index contributed by atoms with van der Waals surface area (Å²) in [6, 6.07) is 3.91. The van der Waals surface area contributed by atoms with Crippen LogP contribution in [0.3, 0.4) is 0 Å². The molecule has 0 spiro atoms. The predicted molar refractivity (Wildman–Crippen MR) is 107 cm³/mol. The zero-order valence-electron chi connectivity index (χ0n) is 13.8. The molecule has 1 fully saturated rings. The molecule has 1 aromatic rings. The Bertz CT molecular complexity index is 441. The van der Waals surface area contributed by atoms with Crippen molar-refractivity contribution in [1.29, 1.82) is 0 Å². The van der Waals surface area contributed by atoms with E-state index in [4.69, 9.17) is 4.42 Å². The van der Waals surface area contributed by atoms with Crippen LogP contribution in [0.2, 0.25) is 0 Å². The fourth-order valence-corrected chi connectivity index (χ4v) is 2.59. The lowest BCUT2D eigenvalue weighted by atomic mass is 10.1. The van der Waals surface area contributed by atoms with Gasteiger partial charge >= 0.3 is 0 Å². The first-order valence-corrected chi connectivity index (χ1v) is 8.26. The number of hydrogen-bond donors (Lipinski definition) is 2. The fraction of sp³-hybridized carbons (Fsp3) is 0.588. The molecule has 5 nitrogen and oxygen atoms in total. The monoisotopic (exact) mass is 432 g/mol. The highest BCUT2D eigenvalue weighted by atomic mass is 127. The minimum absolute atomic E-state index is 0. The Morgan fingerprint density at radius 1 is 1.30 bits per heavy atom. The molecule has 2 N–H and O–H groups in total. The van der Waals surface area contributed by atoms with Gasteiger partial charge in [-0.15, -0.1) is 30.6 Å². The van der Waals surface area contributed by atoms with Gasteiger partial charge in [0.1, 0.15) is 5.76 Å². The number of hydrogen-bond acceptors (Lipinski definition) is 3. The predicted octanol–water partition coefficient (Wildman–Crippen LogP) is 2.65. The lowest BCUT2D eigenvalue weighted by molar-refractivity contribution is 0.235. The maximum absolute atomic E-state index is 5.33. The van der Waals surface area contributed by atoms with Crippen molar-refractivity contribution in [3.8, 4) is 0 Å². The number of nitrogens with one attached hydrogen (secondary N) is 2. The maximum atomic E-state index is 5.33. The second-order valence-electron chi connectivity index (χ2n) is 5.56. The van der Waals surface area contributed by atoms with Crippen molar-refractivity contribution in [2.24, 2.45) is 4.99 Å². The Morgan fingerprint density at radius 3 is 2.83 bits per heavy atom. The van der Waals surface area contributed by atoms with Crippen molar-refractivity contribution < 1.29 is 4.42 Å². The molecule has 0 unspecified atom stereocenters. The Labute approximate surface area is 156 Å². The average molecular weight is 432 g/mol. The van der Waals surface area contributed by atoms with Crippen molar-refractivity contribution >= 4 is 29.9 Å². The summed E-state index contributed by atoms with van der Waals surface area (Å²) in [5.41, 5.74) is 0. The van der Waals surface area contributed by atoms with Crippen LogP contribution in [0.25, 0.3) is 0 Å². The van der Waals surface area contributed by atoms with Crippen LogP contribution in [-0.4, -0.2) is 50.1 Å². The van der Waals surface area contributed by atoms with Gasteiger partial charge in [0.25, 0.3) is 0 Å². The summed E-state index contributed by atoms with van der Waals surface area (Å²) >= 11 is 0. The van der Waals surface area contributed by atoms with Crippen LogP contribution in [0.1, 0.15) is 25.0 Å². The van der Waals surface area contributed by atoms with Crippen molar-refractivity contribution in [2.75, 3.05) is 39.3 Å². The fourth-order valence-electron chi connectivity index (χ4n) is 2.59. The quantitative estimate of drug-likeness (QED) is 0.287. The Morgan fingerprint density at radius 2 is 2.13 bits per heavy atom. The molecule has 0 radical (unpaired) electrons. The summed E-state index contributed by atoms with van der Waals surface area (Å²) in [5.74, 6) is 1.84. The number of guanidine groups is 1. The Hall–Kier alpha value is -1.02. The molecular weight excluding hydrogens is 403 g/mol. The second kappa shape index (κ2) is 12.4. The molecule has 2 heterocycles. The molecule has 0 saturated carbocycles. The molecule has 6 heteroatoms. The van der Waals surface area contributed by atoms with E-state index < -0.39 is 0 Å². The summed E-state index contributed by atoms with van der Waals surface area (Å²) in [7, 11) is 0. The highest BCUT2D eigenvalue weighted by molar-refractivity contribution is 14.0. The molecule has 1 aromatic heterocycles. The molecule has 0 bridgehead atoms. The minimum atomic E-state index is 0. The van der Waals surface area contributed by atoms with Crippen LogP contribution in [0.5, 0.6) is 0 Å². The first-order chi connectivity index (χ1) is 10.9. The summed E-state index contributed by atoms with van der Waals surface area (Å²) < 4.78 is 5.33. The van der Waals surface area contributed by atoms with Crippen LogP contribution >= 0.6 is 24.0 Å². The van der Waals surface area contributed by atoms with Gasteiger partial charge in [0, 0.05) is 26.1 Å². The maximum Gasteiger partial charge on any atom is 0.191 e. The van der Waals surface area contributed by atoms with Crippen LogP contribution in [0.4, 0.5) is 0 Å². The SMILES string of the molecule is C=CCNC(=NCCN1CCCCC1)NCCc1ccco1.I. The largest absolute Gasteiger partial charge is 0.469 e. The number of rotatable bonds is 8. The van der Waals surface area contributed by atoms with E-state index in [0.29, 0.717) is 0 Å². The average Bonchev–Trinajstić information content (AvgIpc) is 3.06. The number of piperidine rings is 1. The molecule has 0 aromatic carbocycles. The van der Waals surface area contributed by atoms with Crippen LogP contribution < -0.4 is 10.6 Å². The third-order valence-electron chi connectivity index (χ3n) is 3.79. The van der Waals surface area contributed by atoms with E-state index in [0.717, 1.165) is 44.3 Å². The van der Waals surface area contributed by atoms with Gasteiger partial charge < -0.3 is 20.0 Å². The molecule has 1 saturated heterocycles. The molecule has 0 amide bonds. The van der Waals surface area contributed by atoms with Crippen molar-refractivity contribution in [1.82, 2.24) is 15.5 Å². The molecule has 1 aliphatic rings. The summed E-state index contributed by atoms with van der Waals surface area (Å²) in [6.07, 6.45) is 8.43. The van der Waals surface area contributed by atoms with E-state index in [1.165, 1.54) is 32.4 Å². The Kier molecular flexibility index (Phi) is 10.8. The van der Waals surface area contributed by atoms with Crippen molar-refractivity contribution in [2.45, 2.75) is 25.7 Å². The first-order valence-electron chi connectivity index (χ1n) is 8.26.